The third-order valence-electron chi connectivity index (χ3n) is 2.94. The Morgan fingerprint density at radius 2 is 2.07 bits per heavy atom. The molecular weight excluding hydrogens is 188 g/mol. The summed E-state index contributed by atoms with van der Waals surface area (Å²) in [5.41, 5.74) is 7.30. The highest BCUT2D eigenvalue weighted by molar-refractivity contribution is 5.14. The van der Waals surface area contributed by atoms with E-state index in [0.717, 1.165) is 19.6 Å². The highest BCUT2D eigenvalue weighted by Crippen LogP contribution is 2.14. The van der Waals surface area contributed by atoms with Crippen LogP contribution in [0.1, 0.15) is 5.56 Å². The molecule has 1 fully saturated rings. The molecule has 82 valence electrons. The number of likely N-dealkylation sites (tertiary alicyclic amines) is 1. The van der Waals surface area contributed by atoms with Crippen molar-refractivity contribution in [2.75, 3.05) is 20.2 Å². The fraction of sp³-hybridized carbons (Fsp3) is 0.500. The Bertz CT molecular complexity index is 302. The Kier molecular flexibility index (Phi) is 3.36. The third-order valence-corrected chi connectivity index (χ3v) is 2.94. The summed E-state index contributed by atoms with van der Waals surface area (Å²) in [6.45, 7) is 2.83. The molecule has 2 atom stereocenters. The van der Waals surface area contributed by atoms with Crippen molar-refractivity contribution in [2.24, 2.45) is 5.73 Å². The van der Waals surface area contributed by atoms with Crippen LogP contribution in [-0.4, -0.2) is 37.2 Å². The van der Waals surface area contributed by atoms with Gasteiger partial charge in [-0.3, -0.25) is 4.90 Å². The molecule has 3 heteroatoms. The second-order valence-electron chi connectivity index (χ2n) is 4.12. The molecule has 0 bridgehead atoms. The van der Waals surface area contributed by atoms with E-state index in [2.05, 4.69) is 29.2 Å². The van der Waals surface area contributed by atoms with Crippen LogP contribution < -0.4 is 5.73 Å². The molecule has 1 aromatic carbocycles. The molecule has 1 aromatic rings. The number of hydrogen-bond acceptors (Lipinski definition) is 3. The van der Waals surface area contributed by atoms with Crippen molar-refractivity contribution in [1.29, 1.82) is 0 Å². The smallest absolute Gasteiger partial charge is 0.0861 e. The Morgan fingerprint density at radius 3 is 2.67 bits per heavy atom. The lowest BCUT2D eigenvalue weighted by Gasteiger charge is -2.14. The number of benzene rings is 1. The van der Waals surface area contributed by atoms with Gasteiger partial charge in [0.15, 0.2) is 0 Å². The Hall–Kier alpha value is -0.900. The first-order valence-electron chi connectivity index (χ1n) is 5.34. The number of methoxy groups -OCH3 is 1. The van der Waals surface area contributed by atoms with Crippen molar-refractivity contribution in [3.05, 3.63) is 35.9 Å². The van der Waals surface area contributed by atoms with E-state index < -0.39 is 0 Å². The molecule has 0 radical (unpaired) electrons. The summed E-state index contributed by atoms with van der Waals surface area (Å²) in [4.78, 5) is 2.34. The summed E-state index contributed by atoms with van der Waals surface area (Å²) >= 11 is 0. The standard InChI is InChI=1S/C12H18N2O/c1-15-12-9-14(8-11(12)13)7-10-5-3-2-4-6-10/h2-6,11-12H,7-9,13H2,1H3/t11-,12+/m1/s1. The molecule has 1 aliphatic heterocycles. The number of nitrogens with two attached hydrogens (primary N) is 1. The summed E-state index contributed by atoms with van der Waals surface area (Å²) in [6.07, 6.45) is 0.189. The van der Waals surface area contributed by atoms with Gasteiger partial charge in [-0.05, 0) is 5.56 Å². The van der Waals surface area contributed by atoms with Gasteiger partial charge in [0.25, 0.3) is 0 Å². The molecule has 1 saturated heterocycles. The highest BCUT2D eigenvalue weighted by Gasteiger charge is 2.29. The molecule has 0 saturated carbocycles. The Balaban J connectivity index is 1.92. The molecule has 2 N–H and O–H groups in total. The van der Waals surface area contributed by atoms with Gasteiger partial charge in [-0.25, -0.2) is 0 Å². The van der Waals surface area contributed by atoms with Crippen molar-refractivity contribution >= 4 is 0 Å². The summed E-state index contributed by atoms with van der Waals surface area (Å²) < 4.78 is 5.32. The van der Waals surface area contributed by atoms with Gasteiger partial charge in [-0.1, -0.05) is 30.3 Å². The predicted octanol–water partition coefficient (Wildman–Crippen LogP) is 0.845. The van der Waals surface area contributed by atoms with Crippen molar-refractivity contribution in [2.45, 2.75) is 18.7 Å². The molecule has 2 rings (SSSR count). The van der Waals surface area contributed by atoms with E-state index in [0.29, 0.717) is 0 Å². The minimum Gasteiger partial charge on any atom is -0.378 e. The van der Waals surface area contributed by atoms with Crippen molar-refractivity contribution < 1.29 is 4.74 Å². The van der Waals surface area contributed by atoms with Gasteiger partial charge >= 0.3 is 0 Å². The largest absolute Gasteiger partial charge is 0.378 e. The zero-order chi connectivity index (χ0) is 10.7. The summed E-state index contributed by atoms with van der Waals surface area (Å²) in [7, 11) is 1.73. The van der Waals surface area contributed by atoms with Gasteiger partial charge in [0, 0.05) is 32.8 Å². The fourth-order valence-electron chi connectivity index (χ4n) is 2.10. The Labute approximate surface area is 90.8 Å². The van der Waals surface area contributed by atoms with Gasteiger partial charge < -0.3 is 10.5 Å². The number of nitrogens with zero attached hydrogens (tertiary/aromatic N) is 1. The number of hydrogen-bond donors (Lipinski definition) is 1. The van der Waals surface area contributed by atoms with E-state index in [1.54, 1.807) is 7.11 Å². The maximum Gasteiger partial charge on any atom is 0.0861 e. The maximum atomic E-state index is 5.97. The first-order chi connectivity index (χ1) is 7.29. The lowest BCUT2D eigenvalue weighted by atomic mass is 10.2. The molecule has 0 aliphatic carbocycles. The van der Waals surface area contributed by atoms with E-state index in [-0.39, 0.29) is 12.1 Å². The second kappa shape index (κ2) is 4.75. The van der Waals surface area contributed by atoms with E-state index in [9.17, 15) is 0 Å². The molecule has 1 heterocycles. The van der Waals surface area contributed by atoms with Gasteiger partial charge in [-0.15, -0.1) is 0 Å². The topological polar surface area (TPSA) is 38.5 Å². The quantitative estimate of drug-likeness (QED) is 0.796. The number of rotatable bonds is 3. The minimum atomic E-state index is 0.152. The van der Waals surface area contributed by atoms with Gasteiger partial charge in [0.05, 0.1) is 6.10 Å². The van der Waals surface area contributed by atoms with E-state index in [1.807, 2.05) is 6.07 Å². The van der Waals surface area contributed by atoms with Crippen LogP contribution in [0.4, 0.5) is 0 Å². The number of ether oxygens (including phenoxy) is 1. The van der Waals surface area contributed by atoms with Crippen LogP contribution in [0.2, 0.25) is 0 Å². The normalized spacial score (nSPS) is 27.1. The zero-order valence-electron chi connectivity index (χ0n) is 9.10. The molecule has 3 nitrogen and oxygen atoms in total. The molecule has 15 heavy (non-hydrogen) atoms. The SMILES string of the molecule is CO[C@H]1CN(Cc2ccccc2)C[C@H]1N. The van der Waals surface area contributed by atoms with Gasteiger partial charge in [-0.2, -0.15) is 0 Å². The van der Waals surface area contributed by atoms with Crippen LogP contribution in [0.25, 0.3) is 0 Å². The minimum absolute atomic E-state index is 0.152. The van der Waals surface area contributed by atoms with Crippen LogP contribution in [0.15, 0.2) is 30.3 Å². The zero-order valence-corrected chi connectivity index (χ0v) is 9.10. The van der Waals surface area contributed by atoms with Crippen molar-refractivity contribution in [1.82, 2.24) is 4.90 Å². The van der Waals surface area contributed by atoms with Crippen LogP contribution in [0, 0.1) is 0 Å². The molecular formula is C12H18N2O. The third kappa shape index (κ3) is 2.56. The fourth-order valence-corrected chi connectivity index (χ4v) is 2.10. The van der Waals surface area contributed by atoms with E-state index in [4.69, 9.17) is 10.5 Å². The van der Waals surface area contributed by atoms with Gasteiger partial charge in [0.1, 0.15) is 0 Å². The second-order valence-corrected chi connectivity index (χ2v) is 4.12. The first kappa shape index (κ1) is 10.6. The molecule has 0 spiro atoms. The van der Waals surface area contributed by atoms with Gasteiger partial charge in [0.2, 0.25) is 0 Å². The summed E-state index contributed by atoms with van der Waals surface area (Å²) in [5.74, 6) is 0. The highest BCUT2D eigenvalue weighted by atomic mass is 16.5. The maximum absolute atomic E-state index is 5.97. The average Bonchev–Trinajstić information content (AvgIpc) is 2.60. The molecule has 0 aromatic heterocycles. The molecule has 1 aliphatic rings. The molecule has 0 amide bonds. The van der Waals surface area contributed by atoms with Crippen molar-refractivity contribution in [3.8, 4) is 0 Å². The van der Waals surface area contributed by atoms with Crippen LogP contribution >= 0.6 is 0 Å². The first-order valence-corrected chi connectivity index (χ1v) is 5.34. The summed E-state index contributed by atoms with van der Waals surface area (Å²) in [5, 5.41) is 0. The predicted molar refractivity (Wildman–Crippen MR) is 60.5 cm³/mol. The Morgan fingerprint density at radius 1 is 1.33 bits per heavy atom. The lowest BCUT2D eigenvalue weighted by molar-refractivity contribution is 0.0976. The van der Waals surface area contributed by atoms with Crippen LogP contribution in [-0.2, 0) is 11.3 Å². The lowest BCUT2D eigenvalue weighted by Crippen LogP contribution is -2.34. The average molecular weight is 206 g/mol. The van der Waals surface area contributed by atoms with Crippen LogP contribution in [0.5, 0.6) is 0 Å². The van der Waals surface area contributed by atoms with Crippen molar-refractivity contribution in [3.63, 3.8) is 0 Å². The van der Waals surface area contributed by atoms with Crippen LogP contribution in [0.3, 0.4) is 0 Å². The monoisotopic (exact) mass is 206 g/mol. The van der Waals surface area contributed by atoms with E-state index >= 15 is 0 Å². The summed E-state index contributed by atoms with van der Waals surface area (Å²) in [6, 6.07) is 10.6. The molecule has 0 unspecified atom stereocenters. The van der Waals surface area contributed by atoms with E-state index in [1.165, 1.54) is 5.56 Å².